The Hall–Kier alpha value is -3.09. The maximum atomic E-state index is 13.4. The summed E-state index contributed by atoms with van der Waals surface area (Å²) in [7, 11) is 5.02. The highest BCUT2D eigenvalue weighted by atomic mass is 16.5. The van der Waals surface area contributed by atoms with Crippen LogP contribution in [0.1, 0.15) is 42.0 Å². The summed E-state index contributed by atoms with van der Waals surface area (Å²) >= 11 is 0. The van der Waals surface area contributed by atoms with E-state index in [0.717, 1.165) is 29.9 Å². The van der Waals surface area contributed by atoms with Crippen molar-refractivity contribution in [2.75, 3.05) is 27.8 Å². The number of aliphatic imine (C=N–C) groups is 1. The Kier molecular flexibility index (Phi) is 7.15. The van der Waals surface area contributed by atoms with E-state index in [1.807, 2.05) is 40.9 Å². The monoisotopic (exact) mass is 424 g/mol. The van der Waals surface area contributed by atoms with Gasteiger partial charge in [-0.1, -0.05) is 19.1 Å². The smallest absolute Gasteiger partial charge is 0.258 e. The van der Waals surface area contributed by atoms with E-state index in [0.29, 0.717) is 23.6 Å². The number of methoxy groups -OCH3 is 2. The molecule has 7 nitrogen and oxygen atoms in total. The maximum Gasteiger partial charge on any atom is 0.258 e. The molecule has 0 radical (unpaired) electrons. The number of carbonyl (C=O) groups is 1. The van der Waals surface area contributed by atoms with Gasteiger partial charge in [0, 0.05) is 56.4 Å². The van der Waals surface area contributed by atoms with Gasteiger partial charge in [-0.15, -0.1) is 0 Å². The zero-order valence-corrected chi connectivity index (χ0v) is 19.3. The first kappa shape index (κ1) is 22.6. The van der Waals surface area contributed by atoms with E-state index in [9.17, 15) is 4.79 Å². The summed E-state index contributed by atoms with van der Waals surface area (Å²) in [6, 6.07) is 5.60. The van der Waals surface area contributed by atoms with Crippen LogP contribution in [0.15, 0.2) is 35.3 Å². The first-order chi connectivity index (χ1) is 14.9. The van der Waals surface area contributed by atoms with Gasteiger partial charge in [0.15, 0.2) is 0 Å². The van der Waals surface area contributed by atoms with Gasteiger partial charge in [0.25, 0.3) is 5.91 Å². The summed E-state index contributed by atoms with van der Waals surface area (Å²) in [6.45, 7) is 6.77. The summed E-state index contributed by atoms with van der Waals surface area (Å²) in [5, 5.41) is 4.75. The van der Waals surface area contributed by atoms with Crippen molar-refractivity contribution in [2.24, 2.45) is 10.9 Å². The van der Waals surface area contributed by atoms with Gasteiger partial charge < -0.3 is 19.4 Å². The number of rotatable bonds is 8. The van der Waals surface area contributed by atoms with Crippen LogP contribution in [0, 0.1) is 12.8 Å². The Bertz CT molecular complexity index is 971. The Morgan fingerprint density at radius 1 is 1.19 bits per heavy atom. The number of hydrogen-bond acceptors (Lipinski definition) is 5. The molecule has 0 saturated heterocycles. The fourth-order valence-electron chi connectivity index (χ4n) is 3.93. The molecule has 1 aromatic heterocycles. The molecule has 0 bridgehead atoms. The van der Waals surface area contributed by atoms with Crippen LogP contribution in [0.3, 0.4) is 0 Å². The molecule has 0 saturated carbocycles. The van der Waals surface area contributed by atoms with Crippen molar-refractivity contribution in [3.63, 3.8) is 0 Å². The SMILES string of the molecule is CCC(C=NC)/C=C\C(C)N1CCc2nn(-c3cc(OC)cc(OC)c3)c(C)c2C1=O. The molecule has 0 fully saturated rings. The summed E-state index contributed by atoms with van der Waals surface area (Å²) in [5.41, 5.74) is 3.15. The normalized spacial score (nSPS) is 16.1. The van der Waals surface area contributed by atoms with Gasteiger partial charge in [-0.05, 0) is 20.3 Å². The van der Waals surface area contributed by atoms with Gasteiger partial charge >= 0.3 is 0 Å². The molecule has 2 aromatic rings. The first-order valence-electron chi connectivity index (χ1n) is 10.7. The van der Waals surface area contributed by atoms with Crippen LogP contribution in [0.5, 0.6) is 11.5 Å². The molecule has 3 rings (SSSR count). The van der Waals surface area contributed by atoms with Gasteiger partial charge in [0.05, 0.1) is 36.9 Å². The van der Waals surface area contributed by atoms with Crippen molar-refractivity contribution < 1.29 is 14.3 Å². The second-order valence-corrected chi connectivity index (χ2v) is 7.74. The van der Waals surface area contributed by atoms with Crippen molar-refractivity contribution in [1.82, 2.24) is 14.7 Å². The highest BCUT2D eigenvalue weighted by molar-refractivity contribution is 5.98. The van der Waals surface area contributed by atoms with E-state index in [4.69, 9.17) is 14.6 Å². The van der Waals surface area contributed by atoms with Crippen molar-refractivity contribution >= 4 is 12.1 Å². The number of allylic oxidation sites excluding steroid dienone is 1. The van der Waals surface area contributed by atoms with Crippen LogP contribution in [-0.4, -0.2) is 60.7 Å². The van der Waals surface area contributed by atoms with Gasteiger partial charge in [0.1, 0.15) is 11.5 Å². The molecular weight excluding hydrogens is 392 g/mol. The summed E-state index contributed by atoms with van der Waals surface area (Å²) < 4.78 is 12.6. The van der Waals surface area contributed by atoms with E-state index in [1.54, 1.807) is 21.3 Å². The molecule has 2 unspecified atom stereocenters. The molecule has 0 spiro atoms. The molecule has 166 valence electrons. The molecule has 7 heteroatoms. The lowest BCUT2D eigenvalue weighted by Crippen LogP contribution is -2.42. The van der Waals surface area contributed by atoms with Gasteiger partial charge in [-0.3, -0.25) is 4.79 Å². The summed E-state index contributed by atoms with van der Waals surface area (Å²) in [4.78, 5) is 19.4. The lowest BCUT2D eigenvalue weighted by Gasteiger charge is -2.30. The number of aromatic nitrogens is 2. The first-order valence-corrected chi connectivity index (χ1v) is 10.7. The lowest BCUT2D eigenvalue weighted by molar-refractivity contribution is 0.0706. The predicted octanol–water partition coefficient (Wildman–Crippen LogP) is 3.87. The zero-order chi connectivity index (χ0) is 22.5. The zero-order valence-electron chi connectivity index (χ0n) is 19.3. The average Bonchev–Trinajstić information content (AvgIpc) is 3.13. The number of nitrogens with zero attached hydrogens (tertiary/aromatic N) is 4. The Morgan fingerprint density at radius 3 is 2.45 bits per heavy atom. The van der Waals surface area contributed by atoms with E-state index in [2.05, 4.69) is 31.0 Å². The van der Waals surface area contributed by atoms with Gasteiger partial charge in [-0.2, -0.15) is 5.10 Å². The maximum absolute atomic E-state index is 13.4. The molecule has 1 amide bonds. The molecule has 1 aliphatic heterocycles. The molecule has 2 atom stereocenters. The number of amides is 1. The van der Waals surface area contributed by atoms with E-state index in [-0.39, 0.29) is 17.9 Å². The molecule has 1 aromatic carbocycles. The number of hydrogen-bond donors (Lipinski definition) is 0. The van der Waals surface area contributed by atoms with Crippen LogP contribution in [0.2, 0.25) is 0 Å². The third-order valence-corrected chi connectivity index (χ3v) is 5.77. The molecular formula is C24H32N4O3. The number of fused-ring (bicyclic) bond motifs is 1. The van der Waals surface area contributed by atoms with Crippen molar-refractivity contribution in [2.45, 2.75) is 39.7 Å². The fraction of sp³-hybridized carbons (Fsp3) is 0.458. The third-order valence-electron chi connectivity index (χ3n) is 5.77. The van der Waals surface area contributed by atoms with Crippen LogP contribution >= 0.6 is 0 Å². The molecule has 1 aliphatic rings. The van der Waals surface area contributed by atoms with Crippen LogP contribution < -0.4 is 9.47 Å². The van der Waals surface area contributed by atoms with E-state index < -0.39 is 0 Å². The number of ether oxygens (including phenoxy) is 2. The second kappa shape index (κ2) is 9.81. The van der Waals surface area contributed by atoms with Crippen LogP contribution in [0.4, 0.5) is 0 Å². The standard InChI is InChI=1S/C24H32N4O3/c1-7-18(15-25-4)9-8-16(2)27-11-10-22-23(24(27)29)17(3)28(26-22)19-12-20(30-5)14-21(13-19)31-6/h8-9,12-16,18H,7,10-11H2,1-6H3/b9-8-,25-15?. The van der Waals surface area contributed by atoms with E-state index >= 15 is 0 Å². The highest BCUT2D eigenvalue weighted by Crippen LogP contribution is 2.29. The van der Waals surface area contributed by atoms with E-state index in [1.165, 1.54) is 0 Å². The predicted molar refractivity (Wildman–Crippen MR) is 123 cm³/mol. The third kappa shape index (κ3) is 4.65. The van der Waals surface area contributed by atoms with Crippen LogP contribution in [-0.2, 0) is 6.42 Å². The molecule has 2 heterocycles. The topological polar surface area (TPSA) is 69.0 Å². The Morgan fingerprint density at radius 2 is 1.87 bits per heavy atom. The molecule has 31 heavy (non-hydrogen) atoms. The summed E-state index contributed by atoms with van der Waals surface area (Å²) in [6.07, 6.45) is 7.89. The summed E-state index contributed by atoms with van der Waals surface area (Å²) in [5.74, 6) is 1.66. The fourth-order valence-corrected chi connectivity index (χ4v) is 3.93. The Labute approximate surface area is 184 Å². The minimum atomic E-state index is -0.000352. The number of benzene rings is 1. The molecule has 0 aliphatic carbocycles. The highest BCUT2D eigenvalue weighted by Gasteiger charge is 2.32. The van der Waals surface area contributed by atoms with Crippen molar-refractivity contribution in [3.8, 4) is 17.2 Å². The second-order valence-electron chi connectivity index (χ2n) is 7.74. The van der Waals surface area contributed by atoms with Crippen molar-refractivity contribution in [1.29, 1.82) is 0 Å². The van der Waals surface area contributed by atoms with Crippen LogP contribution in [0.25, 0.3) is 5.69 Å². The lowest BCUT2D eigenvalue weighted by atomic mass is 10.0. The average molecular weight is 425 g/mol. The number of carbonyl (C=O) groups excluding carboxylic acids is 1. The van der Waals surface area contributed by atoms with Gasteiger partial charge in [-0.25, -0.2) is 4.68 Å². The minimum absolute atomic E-state index is 0.000352. The largest absolute Gasteiger partial charge is 0.497 e. The molecule has 0 N–H and O–H groups in total. The van der Waals surface area contributed by atoms with Crippen molar-refractivity contribution in [3.05, 3.63) is 47.3 Å². The quantitative estimate of drug-likeness (QED) is 0.477. The van der Waals surface area contributed by atoms with Gasteiger partial charge in [0.2, 0.25) is 0 Å². The minimum Gasteiger partial charge on any atom is -0.497 e. The Balaban J connectivity index is 1.90.